The second-order valence-electron chi connectivity index (χ2n) is 6.36. The number of carbonyl (C=O) groups is 2. The van der Waals surface area contributed by atoms with Crippen LogP contribution in [0.15, 0.2) is 24.3 Å². The highest BCUT2D eigenvalue weighted by molar-refractivity contribution is 5.98. The van der Waals surface area contributed by atoms with Gasteiger partial charge in [0.2, 0.25) is 5.91 Å². The zero-order valence-electron chi connectivity index (χ0n) is 14.3. The van der Waals surface area contributed by atoms with Crippen molar-refractivity contribution in [1.82, 2.24) is 10.2 Å². The van der Waals surface area contributed by atoms with Crippen molar-refractivity contribution in [3.63, 3.8) is 0 Å². The summed E-state index contributed by atoms with van der Waals surface area (Å²) in [4.78, 5) is 26.4. The van der Waals surface area contributed by atoms with Gasteiger partial charge in [0, 0.05) is 44.1 Å². The third-order valence-corrected chi connectivity index (χ3v) is 4.48. The highest BCUT2D eigenvalue weighted by Gasteiger charge is 2.23. The lowest BCUT2D eigenvalue weighted by Crippen LogP contribution is -2.52. The van der Waals surface area contributed by atoms with Crippen LogP contribution in [0.4, 0.5) is 0 Å². The molecule has 1 N–H and O–H groups in total. The smallest absolute Gasteiger partial charge is 0.223 e. The molecule has 1 aromatic carbocycles. The number of unbranched alkanes of at least 4 members (excludes halogenated alkanes) is 1. The molecule has 1 saturated heterocycles. The van der Waals surface area contributed by atoms with Gasteiger partial charge in [-0.2, -0.15) is 0 Å². The number of benzene rings is 1. The van der Waals surface area contributed by atoms with Crippen molar-refractivity contribution in [3.05, 3.63) is 35.4 Å². The quantitative estimate of drug-likeness (QED) is 0.787. The molecule has 1 aliphatic heterocycles. The van der Waals surface area contributed by atoms with E-state index in [0.29, 0.717) is 18.4 Å². The SMILES string of the molecule is CCCCc1ccc(C(=O)CCC(=O)N2CCNCC2C)cc1. The molecule has 0 radical (unpaired) electrons. The topological polar surface area (TPSA) is 49.4 Å². The molecule has 0 aromatic heterocycles. The maximum atomic E-state index is 12.3. The molecule has 4 heteroatoms. The minimum Gasteiger partial charge on any atom is -0.337 e. The molecular formula is C19H28N2O2. The second-order valence-corrected chi connectivity index (χ2v) is 6.36. The molecule has 0 bridgehead atoms. The zero-order chi connectivity index (χ0) is 16.7. The summed E-state index contributed by atoms with van der Waals surface area (Å²) in [7, 11) is 0. The van der Waals surface area contributed by atoms with Gasteiger partial charge in [-0.15, -0.1) is 0 Å². The van der Waals surface area contributed by atoms with Crippen molar-refractivity contribution in [2.24, 2.45) is 0 Å². The van der Waals surface area contributed by atoms with E-state index in [1.807, 2.05) is 36.1 Å². The minimum atomic E-state index is 0.0585. The number of aryl methyl sites for hydroxylation is 1. The van der Waals surface area contributed by atoms with Gasteiger partial charge in [-0.1, -0.05) is 37.6 Å². The van der Waals surface area contributed by atoms with Crippen LogP contribution in [0.1, 0.15) is 55.5 Å². The van der Waals surface area contributed by atoms with Gasteiger partial charge in [-0.3, -0.25) is 9.59 Å². The molecule has 1 fully saturated rings. The van der Waals surface area contributed by atoms with Crippen LogP contribution in [0.25, 0.3) is 0 Å². The number of nitrogens with one attached hydrogen (secondary N) is 1. The van der Waals surface area contributed by atoms with Gasteiger partial charge in [0.05, 0.1) is 0 Å². The molecule has 0 aliphatic carbocycles. The Balaban J connectivity index is 1.83. The highest BCUT2D eigenvalue weighted by Crippen LogP contribution is 2.12. The zero-order valence-corrected chi connectivity index (χ0v) is 14.3. The Morgan fingerprint density at radius 2 is 1.96 bits per heavy atom. The van der Waals surface area contributed by atoms with E-state index in [1.54, 1.807) is 0 Å². The standard InChI is InChI=1S/C19H28N2O2/c1-3-4-5-16-6-8-17(9-7-16)18(22)10-11-19(23)21-13-12-20-14-15(21)2/h6-9,15,20H,3-5,10-14H2,1-2H3. The number of ketones is 1. The van der Waals surface area contributed by atoms with Crippen LogP contribution in [0.3, 0.4) is 0 Å². The van der Waals surface area contributed by atoms with Crippen LogP contribution >= 0.6 is 0 Å². The molecule has 1 amide bonds. The Hall–Kier alpha value is -1.68. The first kappa shape index (κ1) is 17.7. The maximum absolute atomic E-state index is 12.3. The van der Waals surface area contributed by atoms with Crippen molar-refractivity contribution in [3.8, 4) is 0 Å². The molecule has 1 unspecified atom stereocenters. The van der Waals surface area contributed by atoms with E-state index in [-0.39, 0.29) is 17.7 Å². The summed E-state index contributed by atoms with van der Waals surface area (Å²) in [6, 6.07) is 8.06. The molecule has 4 nitrogen and oxygen atoms in total. The first-order valence-electron chi connectivity index (χ1n) is 8.74. The third kappa shape index (κ3) is 5.17. The average Bonchev–Trinajstić information content (AvgIpc) is 2.58. The normalized spacial score (nSPS) is 18.0. The van der Waals surface area contributed by atoms with E-state index in [1.165, 1.54) is 18.4 Å². The second kappa shape index (κ2) is 8.82. The first-order chi connectivity index (χ1) is 11.1. The maximum Gasteiger partial charge on any atom is 0.223 e. The van der Waals surface area contributed by atoms with Crippen LogP contribution in [0.5, 0.6) is 0 Å². The average molecular weight is 316 g/mol. The van der Waals surface area contributed by atoms with Gasteiger partial charge in [-0.25, -0.2) is 0 Å². The Kier molecular flexibility index (Phi) is 6.78. The number of hydrogen-bond donors (Lipinski definition) is 1. The number of piperazine rings is 1. The Morgan fingerprint density at radius 1 is 1.22 bits per heavy atom. The van der Waals surface area contributed by atoms with Crippen molar-refractivity contribution in [2.45, 2.75) is 52.0 Å². The summed E-state index contributed by atoms with van der Waals surface area (Å²) >= 11 is 0. The molecule has 1 aliphatic rings. The van der Waals surface area contributed by atoms with Gasteiger partial charge in [0.15, 0.2) is 5.78 Å². The van der Waals surface area contributed by atoms with E-state index < -0.39 is 0 Å². The van der Waals surface area contributed by atoms with E-state index in [9.17, 15) is 9.59 Å². The number of Topliss-reactive ketones (excluding diaryl/α,β-unsaturated/α-hetero) is 1. The fraction of sp³-hybridized carbons (Fsp3) is 0.579. The summed E-state index contributed by atoms with van der Waals surface area (Å²) in [5.41, 5.74) is 1.99. The van der Waals surface area contributed by atoms with Crippen LogP contribution in [0, 0.1) is 0 Å². The van der Waals surface area contributed by atoms with Crippen molar-refractivity contribution in [1.29, 1.82) is 0 Å². The fourth-order valence-electron chi connectivity index (χ4n) is 2.96. The third-order valence-electron chi connectivity index (χ3n) is 4.48. The van der Waals surface area contributed by atoms with E-state index >= 15 is 0 Å². The monoisotopic (exact) mass is 316 g/mol. The lowest BCUT2D eigenvalue weighted by molar-refractivity contribution is -0.133. The number of rotatable bonds is 7. The lowest BCUT2D eigenvalue weighted by Gasteiger charge is -2.34. The van der Waals surface area contributed by atoms with Gasteiger partial charge in [0.25, 0.3) is 0 Å². The fourth-order valence-corrected chi connectivity index (χ4v) is 2.96. The summed E-state index contributed by atoms with van der Waals surface area (Å²) in [5.74, 6) is 0.148. The molecular weight excluding hydrogens is 288 g/mol. The summed E-state index contributed by atoms with van der Waals surface area (Å²) < 4.78 is 0. The molecule has 2 rings (SSSR count). The largest absolute Gasteiger partial charge is 0.337 e. The molecule has 126 valence electrons. The Labute approximate surface area is 139 Å². The molecule has 1 heterocycles. The molecule has 0 spiro atoms. The van der Waals surface area contributed by atoms with Crippen molar-refractivity contribution >= 4 is 11.7 Å². The van der Waals surface area contributed by atoms with Crippen molar-refractivity contribution in [2.75, 3.05) is 19.6 Å². The molecule has 1 aromatic rings. The van der Waals surface area contributed by atoms with Crippen LogP contribution in [-0.2, 0) is 11.2 Å². The Bertz CT molecular complexity index is 525. The van der Waals surface area contributed by atoms with Crippen LogP contribution < -0.4 is 5.32 Å². The molecule has 0 saturated carbocycles. The highest BCUT2D eigenvalue weighted by atomic mass is 16.2. The summed E-state index contributed by atoms with van der Waals surface area (Å²) in [5, 5.41) is 3.27. The predicted molar refractivity (Wildman–Crippen MR) is 92.7 cm³/mol. The van der Waals surface area contributed by atoms with Gasteiger partial charge in [0.1, 0.15) is 0 Å². The molecule has 23 heavy (non-hydrogen) atoms. The van der Waals surface area contributed by atoms with E-state index in [4.69, 9.17) is 0 Å². The van der Waals surface area contributed by atoms with E-state index in [0.717, 1.165) is 26.1 Å². The van der Waals surface area contributed by atoms with Crippen LogP contribution in [-0.4, -0.2) is 42.3 Å². The predicted octanol–water partition coefficient (Wildman–Crippen LogP) is 2.81. The first-order valence-corrected chi connectivity index (χ1v) is 8.74. The van der Waals surface area contributed by atoms with E-state index in [2.05, 4.69) is 12.2 Å². The minimum absolute atomic E-state index is 0.0585. The van der Waals surface area contributed by atoms with Crippen molar-refractivity contribution < 1.29 is 9.59 Å². The van der Waals surface area contributed by atoms with Gasteiger partial charge >= 0.3 is 0 Å². The number of carbonyl (C=O) groups excluding carboxylic acids is 2. The number of nitrogens with zero attached hydrogens (tertiary/aromatic N) is 1. The number of hydrogen-bond acceptors (Lipinski definition) is 3. The van der Waals surface area contributed by atoms with Gasteiger partial charge < -0.3 is 10.2 Å². The summed E-state index contributed by atoms with van der Waals surface area (Å²) in [6.45, 7) is 6.62. The van der Waals surface area contributed by atoms with Crippen LogP contribution in [0.2, 0.25) is 0 Å². The Morgan fingerprint density at radius 3 is 2.61 bits per heavy atom. The molecule has 1 atom stereocenters. The number of amides is 1. The lowest BCUT2D eigenvalue weighted by atomic mass is 10.0. The van der Waals surface area contributed by atoms with Gasteiger partial charge in [-0.05, 0) is 25.3 Å². The summed E-state index contributed by atoms with van der Waals surface area (Å²) in [6.07, 6.45) is 4.01.